The predicted molar refractivity (Wildman–Crippen MR) is 151 cm³/mol. The van der Waals surface area contributed by atoms with Crippen molar-refractivity contribution in [3.05, 3.63) is 101 Å². The fourth-order valence-electron chi connectivity index (χ4n) is 4.65. The Labute approximate surface area is 221 Å². The van der Waals surface area contributed by atoms with E-state index in [0.29, 0.717) is 11.6 Å². The summed E-state index contributed by atoms with van der Waals surface area (Å²) in [6.07, 6.45) is 1.74. The molecule has 0 bridgehead atoms. The molecule has 2 aliphatic heterocycles. The highest BCUT2D eigenvalue weighted by atomic mass is 32.2. The van der Waals surface area contributed by atoms with Crippen molar-refractivity contribution < 1.29 is 9.59 Å². The standard InChI is InChI=1S/C30H30N4O2S/c1-4-21-11-13-23(14-12-21)26-17-25(22-8-6-5-7-9-22)33-34(26)30-32-29(36)27(37-30)18-28(35)31-24-15-10-19(2)16-20(24)3/h5-16,26-27H,4,17-18H2,1-3H3,(H,31,35). The molecule has 0 aliphatic carbocycles. The number of nitrogens with one attached hydrogen (secondary N) is 1. The summed E-state index contributed by atoms with van der Waals surface area (Å²) < 4.78 is 0. The summed E-state index contributed by atoms with van der Waals surface area (Å²) in [4.78, 5) is 30.0. The van der Waals surface area contributed by atoms with E-state index in [1.165, 1.54) is 17.3 Å². The molecular weight excluding hydrogens is 480 g/mol. The van der Waals surface area contributed by atoms with Crippen LogP contribution in [0, 0.1) is 13.8 Å². The van der Waals surface area contributed by atoms with E-state index in [0.717, 1.165) is 40.1 Å². The SMILES string of the molecule is CCc1ccc(C2CC(c3ccccc3)=NN2C2=NC(=O)C(CC(=O)Nc3ccc(C)cc3C)S2)cc1. The molecule has 0 spiro atoms. The molecule has 2 aliphatic rings. The summed E-state index contributed by atoms with van der Waals surface area (Å²) in [6, 6.07) is 24.5. The molecule has 6 nitrogen and oxygen atoms in total. The van der Waals surface area contributed by atoms with Gasteiger partial charge < -0.3 is 5.32 Å². The highest BCUT2D eigenvalue weighted by molar-refractivity contribution is 8.15. The predicted octanol–water partition coefficient (Wildman–Crippen LogP) is 6.04. The van der Waals surface area contributed by atoms with Crippen LogP contribution < -0.4 is 5.32 Å². The molecule has 0 fully saturated rings. The van der Waals surface area contributed by atoms with Crippen molar-refractivity contribution >= 4 is 40.1 Å². The number of amides is 2. The summed E-state index contributed by atoms with van der Waals surface area (Å²) >= 11 is 1.32. The molecule has 188 valence electrons. The van der Waals surface area contributed by atoms with Crippen LogP contribution in [0.2, 0.25) is 0 Å². The van der Waals surface area contributed by atoms with Gasteiger partial charge in [0.05, 0.1) is 11.8 Å². The monoisotopic (exact) mass is 510 g/mol. The van der Waals surface area contributed by atoms with Gasteiger partial charge in [0.2, 0.25) is 5.91 Å². The maximum atomic E-state index is 12.9. The topological polar surface area (TPSA) is 74.1 Å². The lowest BCUT2D eigenvalue weighted by Crippen LogP contribution is -2.25. The zero-order valence-electron chi connectivity index (χ0n) is 21.3. The number of hydrogen-bond donors (Lipinski definition) is 1. The number of thioether (sulfide) groups is 1. The van der Waals surface area contributed by atoms with Crippen molar-refractivity contribution in [3.63, 3.8) is 0 Å². The third-order valence-electron chi connectivity index (χ3n) is 6.74. The van der Waals surface area contributed by atoms with E-state index in [4.69, 9.17) is 5.10 Å². The summed E-state index contributed by atoms with van der Waals surface area (Å²) in [6.45, 7) is 6.11. The molecule has 1 N–H and O–H groups in total. The van der Waals surface area contributed by atoms with Gasteiger partial charge in [-0.1, -0.05) is 91.0 Å². The summed E-state index contributed by atoms with van der Waals surface area (Å²) in [5, 5.41) is 9.71. The molecule has 0 saturated carbocycles. The van der Waals surface area contributed by atoms with Crippen LogP contribution in [0.1, 0.15) is 53.6 Å². The van der Waals surface area contributed by atoms with E-state index in [2.05, 4.69) is 53.6 Å². The molecular formula is C30H30N4O2S. The Bertz CT molecular complexity index is 1380. The van der Waals surface area contributed by atoms with Gasteiger partial charge in [-0.05, 0) is 48.6 Å². The zero-order valence-corrected chi connectivity index (χ0v) is 22.1. The Morgan fingerprint density at radius 2 is 1.81 bits per heavy atom. The zero-order chi connectivity index (χ0) is 25.9. The molecule has 2 unspecified atom stereocenters. The number of aliphatic imine (C=N–C) groups is 1. The normalized spacial score (nSPS) is 19.1. The van der Waals surface area contributed by atoms with Crippen molar-refractivity contribution in [2.24, 2.45) is 10.1 Å². The average Bonchev–Trinajstić information content (AvgIpc) is 3.50. The van der Waals surface area contributed by atoms with Gasteiger partial charge in [-0.2, -0.15) is 10.1 Å². The van der Waals surface area contributed by atoms with Crippen molar-refractivity contribution in [2.75, 3.05) is 5.32 Å². The largest absolute Gasteiger partial charge is 0.326 e. The molecule has 7 heteroatoms. The third kappa shape index (κ3) is 5.52. The van der Waals surface area contributed by atoms with Gasteiger partial charge in [0.15, 0.2) is 5.17 Å². The molecule has 2 atom stereocenters. The van der Waals surface area contributed by atoms with Crippen LogP contribution >= 0.6 is 11.8 Å². The second-order valence-electron chi connectivity index (χ2n) is 9.48. The van der Waals surface area contributed by atoms with Gasteiger partial charge in [-0.15, -0.1) is 0 Å². The minimum Gasteiger partial charge on any atom is -0.326 e. The van der Waals surface area contributed by atoms with Gasteiger partial charge >= 0.3 is 0 Å². The van der Waals surface area contributed by atoms with Gasteiger partial charge in [-0.25, -0.2) is 5.01 Å². The van der Waals surface area contributed by atoms with Crippen molar-refractivity contribution in [2.45, 2.75) is 51.3 Å². The quantitative estimate of drug-likeness (QED) is 0.439. The van der Waals surface area contributed by atoms with E-state index in [-0.39, 0.29) is 24.3 Å². The van der Waals surface area contributed by atoms with E-state index in [1.54, 1.807) is 0 Å². The number of hydrogen-bond acceptors (Lipinski definition) is 5. The van der Waals surface area contributed by atoms with Crippen LogP contribution in [-0.4, -0.2) is 33.0 Å². The fraction of sp³-hybridized carbons (Fsp3) is 0.267. The number of nitrogens with zero attached hydrogens (tertiary/aromatic N) is 3. The first-order valence-corrected chi connectivity index (χ1v) is 13.5. The Kier molecular flexibility index (Phi) is 7.24. The average molecular weight is 511 g/mol. The number of anilines is 1. The van der Waals surface area contributed by atoms with Crippen LogP contribution in [0.25, 0.3) is 0 Å². The first kappa shape index (κ1) is 25.0. The third-order valence-corrected chi connectivity index (χ3v) is 7.88. The van der Waals surface area contributed by atoms with Gasteiger partial charge in [0.1, 0.15) is 5.25 Å². The molecule has 3 aromatic carbocycles. The van der Waals surface area contributed by atoms with Gasteiger partial charge in [0.25, 0.3) is 5.91 Å². The molecule has 3 aromatic rings. The van der Waals surface area contributed by atoms with Crippen molar-refractivity contribution in [1.82, 2.24) is 5.01 Å². The first-order chi connectivity index (χ1) is 17.9. The van der Waals surface area contributed by atoms with E-state index < -0.39 is 5.25 Å². The number of benzene rings is 3. The maximum Gasteiger partial charge on any atom is 0.262 e. The molecule has 0 radical (unpaired) electrons. The Balaban J connectivity index is 1.34. The van der Waals surface area contributed by atoms with Crippen molar-refractivity contribution in [3.8, 4) is 0 Å². The van der Waals surface area contributed by atoms with Crippen LogP contribution in [0.15, 0.2) is 82.9 Å². The smallest absolute Gasteiger partial charge is 0.262 e. The summed E-state index contributed by atoms with van der Waals surface area (Å²) in [5.74, 6) is -0.491. The summed E-state index contributed by atoms with van der Waals surface area (Å²) in [5.41, 5.74) is 7.30. The number of aryl methyl sites for hydroxylation is 3. The minimum absolute atomic E-state index is 0.0583. The van der Waals surface area contributed by atoms with Crippen LogP contribution in [0.4, 0.5) is 5.69 Å². The molecule has 37 heavy (non-hydrogen) atoms. The minimum atomic E-state index is -0.570. The lowest BCUT2D eigenvalue weighted by atomic mass is 9.97. The van der Waals surface area contributed by atoms with Crippen molar-refractivity contribution in [1.29, 1.82) is 0 Å². The fourth-order valence-corrected chi connectivity index (χ4v) is 5.72. The van der Waals surface area contributed by atoms with E-state index >= 15 is 0 Å². The highest BCUT2D eigenvalue weighted by Gasteiger charge is 2.39. The maximum absolute atomic E-state index is 12.9. The highest BCUT2D eigenvalue weighted by Crippen LogP contribution is 2.38. The van der Waals surface area contributed by atoms with Gasteiger partial charge in [-0.3, -0.25) is 9.59 Å². The molecule has 0 aromatic heterocycles. The van der Waals surface area contributed by atoms with Gasteiger partial charge in [0, 0.05) is 18.5 Å². The molecule has 2 amide bonds. The number of hydrazone groups is 1. The van der Waals surface area contributed by atoms with Crippen LogP contribution in [0.3, 0.4) is 0 Å². The Hall–Kier alpha value is -3.71. The number of carbonyl (C=O) groups excluding carboxylic acids is 2. The van der Waals surface area contributed by atoms with E-state index in [9.17, 15) is 9.59 Å². The second kappa shape index (κ2) is 10.7. The number of carbonyl (C=O) groups is 2. The first-order valence-electron chi connectivity index (χ1n) is 12.6. The lowest BCUT2D eigenvalue weighted by Gasteiger charge is -2.23. The molecule has 0 saturated heterocycles. The number of amidine groups is 1. The molecule has 2 heterocycles. The Morgan fingerprint density at radius 3 is 2.51 bits per heavy atom. The molecule has 5 rings (SSSR count). The number of rotatable bonds is 6. The lowest BCUT2D eigenvalue weighted by molar-refractivity contribution is -0.121. The van der Waals surface area contributed by atoms with Crippen LogP contribution in [-0.2, 0) is 16.0 Å². The summed E-state index contributed by atoms with van der Waals surface area (Å²) in [7, 11) is 0. The van der Waals surface area contributed by atoms with E-state index in [1.807, 2.05) is 55.3 Å². The second-order valence-corrected chi connectivity index (χ2v) is 10.7. The van der Waals surface area contributed by atoms with Crippen LogP contribution in [0.5, 0.6) is 0 Å². The Morgan fingerprint density at radius 1 is 1.05 bits per heavy atom.